The van der Waals surface area contributed by atoms with Crippen molar-refractivity contribution in [2.24, 2.45) is 0 Å². The molecule has 0 fully saturated rings. The second-order valence-electron chi connectivity index (χ2n) is 5.31. The molecule has 0 aliphatic heterocycles. The molecular formula is C15H21NO3. The summed E-state index contributed by atoms with van der Waals surface area (Å²) in [6.45, 7) is 1.73. The lowest BCUT2D eigenvalue weighted by Gasteiger charge is -2.24. The van der Waals surface area contributed by atoms with Crippen molar-refractivity contribution in [3.05, 3.63) is 29.3 Å². The average molecular weight is 263 g/mol. The van der Waals surface area contributed by atoms with Gasteiger partial charge in [-0.15, -0.1) is 0 Å². The predicted molar refractivity (Wildman–Crippen MR) is 73.7 cm³/mol. The number of aryl methyl sites for hydroxylation is 2. The van der Waals surface area contributed by atoms with Crippen LogP contribution in [0.15, 0.2) is 18.2 Å². The standard InChI is InChI=1S/C15H21NO3/c1-15(16-2,14(17)18)10-19-13-8-7-11-5-3-4-6-12(11)9-13/h7-9,16H,3-6,10H2,1-2H3,(H,17,18). The van der Waals surface area contributed by atoms with Gasteiger partial charge in [0.2, 0.25) is 0 Å². The molecule has 1 unspecified atom stereocenters. The number of carboxylic acid groups (broad SMARTS) is 1. The Labute approximate surface area is 113 Å². The van der Waals surface area contributed by atoms with Crippen molar-refractivity contribution in [3.8, 4) is 5.75 Å². The van der Waals surface area contributed by atoms with Crippen LogP contribution in [0.1, 0.15) is 30.9 Å². The van der Waals surface area contributed by atoms with E-state index in [-0.39, 0.29) is 6.61 Å². The Bertz CT molecular complexity index is 472. The van der Waals surface area contributed by atoms with E-state index in [0.29, 0.717) is 0 Å². The lowest BCUT2D eigenvalue weighted by atomic mass is 9.92. The van der Waals surface area contributed by atoms with Gasteiger partial charge in [0.25, 0.3) is 0 Å². The molecule has 19 heavy (non-hydrogen) atoms. The van der Waals surface area contributed by atoms with Crippen LogP contribution in [0.5, 0.6) is 5.75 Å². The van der Waals surface area contributed by atoms with Gasteiger partial charge in [0.15, 0.2) is 0 Å². The van der Waals surface area contributed by atoms with Crippen LogP contribution < -0.4 is 10.1 Å². The zero-order valence-corrected chi connectivity index (χ0v) is 11.5. The molecule has 0 spiro atoms. The van der Waals surface area contributed by atoms with Crippen LogP contribution in [-0.2, 0) is 17.6 Å². The fraction of sp³-hybridized carbons (Fsp3) is 0.533. The lowest BCUT2D eigenvalue weighted by molar-refractivity contribution is -0.145. The summed E-state index contributed by atoms with van der Waals surface area (Å²) in [5, 5.41) is 11.9. The first-order chi connectivity index (χ1) is 9.05. The highest BCUT2D eigenvalue weighted by atomic mass is 16.5. The molecule has 2 rings (SSSR count). The van der Waals surface area contributed by atoms with Crippen LogP contribution in [0.25, 0.3) is 0 Å². The molecule has 1 aliphatic carbocycles. The predicted octanol–water partition coefficient (Wildman–Crippen LogP) is 2.01. The zero-order valence-electron chi connectivity index (χ0n) is 11.5. The highest BCUT2D eigenvalue weighted by Crippen LogP contribution is 2.25. The number of ether oxygens (including phenoxy) is 1. The van der Waals surface area contributed by atoms with Crippen molar-refractivity contribution in [2.45, 2.75) is 38.1 Å². The Morgan fingerprint density at radius 3 is 2.68 bits per heavy atom. The zero-order chi connectivity index (χ0) is 13.9. The number of carbonyl (C=O) groups is 1. The number of nitrogens with one attached hydrogen (secondary N) is 1. The summed E-state index contributed by atoms with van der Waals surface area (Å²) in [6, 6.07) is 6.08. The molecule has 0 aromatic heterocycles. The third-order valence-corrected chi connectivity index (χ3v) is 3.87. The van der Waals surface area contributed by atoms with E-state index in [2.05, 4.69) is 11.4 Å². The number of carboxylic acids is 1. The van der Waals surface area contributed by atoms with E-state index in [1.165, 1.54) is 24.0 Å². The SMILES string of the molecule is CNC(C)(COc1ccc2c(c1)CCCC2)C(=O)O. The number of benzene rings is 1. The number of hydrogen-bond acceptors (Lipinski definition) is 3. The van der Waals surface area contributed by atoms with Crippen LogP contribution in [0, 0.1) is 0 Å². The monoisotopic (exact) mass is 263 g/mol. The maximum atomic E-state index is 11.2. The molecule has 0 radical (unpaired) electrons. The van der Waals surface area contributed by atoms with Gasteiger partial charge in [-0.2, -0.15) is 0 Å². The molecule has 0 saturated carbocycles. The number of aliphatic carboxylic acids is 1. The van der Waals surface area contributed by atoms with Crippen LogP contribution in [0.2, 0.25) is 0 Å². The maximum Gasteiger partial charge on any atom is 0.327 e. The van der Waals surface area contributed by atoms with Crippen molar-refractivity contribution in [1.29, 1.82) is 0 Å². The molecule has 4 nitrogen and oxygen atoms in total. The Kier molecular flexibility index (Phi) is 4.10. The molecule has 0 saturated heterocycles. The Balaban J connectivity index is 2.05. The van der Waals surface area contributed by atoms with Crippen LogP contribution in [0.4, 0.5) is 0 Å². The molecule has 0 amide bonds. The topological polar surface area (TPSA) is 58.6 Å². The van der Waals surface area contributed by atoms with Gasteiger partial charge < -0.3 is 15.2 Å². The first kappa shape index (κ1) is 13.9. The molecule has 1 atom stereocenters. The second-order valence-corrected chi connectivity index (χ2v) is 5.31. The quantitative estimate of drug-likeness (QED) is 0.853. The third kappa shape index (κ3) is 3.07. The minimum Gasteiger partial charge on any atom is -0.491 e. The van der Waals surface area contributed by atoms with E-state index in [1.807, 2.05) is 12.1 Å². The van der Waals surface area contributed by atoms with Crippen molar-refractivity contribution < 1.29 is 14.6 Å². The van der Waals surface area contributed by atoms with E-state index < -0.39 is 11.5 Å². The highest BCUT2D eigenvalue weighted by molar-refractivity contribution is 5.78. The Hall–Kier alpha value is -1.55. The fourth-order valence-corrected chi connectivity index (χ4v) is 2.27. The summed E-state index contributed by atoms with van der Waals surface area (Å²) >= 11 is 0. The highest BCUT2D eigenvalue weighted by Gasteiger charge is 2.32. The molecular weight excluding hydrogens is 242 g/mol. The van der Waals surface area contributed by atoms with E-state index in [1.54, 1.807) is 14.0 Å². The molecule has 2 N–H and O–H groups in total. The van der Waals surface area contributed by atoms with Crippen molar-refractivity contribution >= 4 is 5.97 Å². The normalized spacial score (nSPS) is 17.4. The van der Waals surface area contributed by atoms with Gasteiger partial charge in [0, 0.05) is 0 Å². The summed E-state index contributed by atoms with van der Waals surface area (Å²) in [6.07, 6.45) is 4.71. The molecule has 0 bridgehead atoms. The molecule has 1 aromatic rings. The summed E-state index contributed by atoms with van der Waals surface area (Å²) in [5.74, 6) is -0.156. The molecule has 0 heterocycles. The lowest BCUT2D eigenvalue weighted by Crippen LogP contribution is -2.52. The van der Waals surface area contributed by atoms with Crippen molar-refractivity contribution in [1.82, 2.24) is 5.32 Å². The number of rotatable bonds is 5. The molecule has 104 valence electrons. The van der Waals surface area contributed by atoms with Gasteiger partial charge in [0.1, 0.15) is 17.9 Å². The smallest absolute Gasteiger partial charge is 0.327 e. The Morgan fingerprint density at radius 2 is 2.05 bits per heavy atom. The maximum absolute atomic E-state index is 11.2. The minimum absolute atomic E-state index is 0.109. The number of fused-ring (bicyclic) bond motifs is 1. The average Bonchev–Trinajstić information content (AvgIpc) is 2.44. The molecule has 1 aromatic carbocycles. The van der Waals surface area contributed by atoms with Gasteiger partial charge in [-0.05, 0) is 62.9 Å². The Morgan fingerprint density at radius 1 is 1.37 bits per heavy atom. The first-order valence-electron chi connectivity index (χ1n) is 6.72. The summed E-state index contributed by atoms with van der Waals surface area (Å²) in [7, 11) is 1.63. The summed E-state index contributed by atoms with van der Waals surface area (Å²) < 4.78 is 5.65. The summed E-state index contributed by atoms with van der Waals surface area (Å²) in [4.78, 5) is 11.2. The van der Waals surface area contributed by atoms with Crippen LogP contribution in [-0.4, -0.2) is 30.3 Å². The van der Waals surface area contributed by atoms with Gasteiger partial charge in [0.05, 0.1) is 0 Å². The minimum atomic E-state index is -1.06. The second kappa shape index (κ2) is 5.61. The van der Waals surface area contributed by atoms with E-state index >= 15 is 0 Å². The van der Waals surface area contributed by atoms with E-state index in [4.69, 9.17) is 9.84 Å². The van der Waals surface area contributed by atoms with Gasteiger partial charge in [-0.3, -0.25) is 4.79 Å². The number of hydrogen-bond donors (Lipinski definition) is 2. The van der Waals surface area contributed by atoms with Gasteiger partial charge in [-0.1, -0.05) is 6.07 Å². The number of likely N-dealkylation sites (N-methyl/N-ethyl adjacent to an activating group) is 1. The van der Waals surface area contributed by atoms with Crippen molar-refractivity contribution in [3.63, 3.8) is 0 Å². The van der Waals surface area contributed by atoms with Gasteiger partial charge in [-0.25, -0.2) is 0 Å². The van der Waals surface area contributed by atoms with Crippen LogP contribution >= 0.6 is 0 Å². The summed E-state index contributed by atoms with van der Waals surface area (Å²) in [5.41, 5.74) is 1.68. The third-order valence-electron chi connectivity index (χ3n) is 3.87. The van der Waals surface area contributed by atoms with Gasteiger partial charge >= 0.3 is 5.97 Å². The van der Waals surface area contributed by atoms with Crippen LogP contribution in [0.3, 0.4) is 0 Å². The molecule has 4 heteroatoms. The first-order valence-corrected chi connectivity index (χ1v) is 6.72. The van der Waals surface area contributed by atoms with Crippen molar-refractivity contribution in [2.75, 3.05) is 13.7 Å². The van der Waals surface area contributed by atoms with E-state index in [0.717, 1.165) is 18.6 Å². The largest absolute Gasteiger partial charge is 0.491 e. The van der Waals surface area contributed by atoms with E-state index in [9.17, 15) is 4.79 Å². The molecule has 1 aliphatic rings. The fourth-order valence-electron chi connectivity index (χ4n) is 2.27.